The highest BCUT2D eigenvalue weighted by molar-refractivity contribution is 6.31. The second-order valence-electron chi connectivity index (χ2n) is 8.50. The zero-order chi connectivity index (χ0) is 25.3. The molecule has 0 saturated heterocycles. The normalized spacial score (nSPS) is 13.1. The second-order valence-corrected chi connectivity index (χ2v) is 9.37. The van der Waals surface area contributed by atoms with Gasteiger partial charge in [-0.1, -0.05) is 53.5 Å². The minimum atomic E-state index is -1.56. The molecule has 8 heteroatoms. The lowest BCUT2D eigenvalue weighted by molar-refractivity contribution is 0.112. The van der Waals surface area contributed by atoms with E-state index in [-0.39, 0.29) is 5.56 Å². The van der Waals surface area contributed by atoms with E-state index in [4.69, 9.17) is 27.9 Å². The Labute approximate surface area is 217 Å². The Kier molecular flexibility index (Phi) is 6.69. The van der Waals surface area contributed by atoms with E-state index >= 15 is 0 Å². The van der Waals surface area contributed by atoms with E-state index in [9.17, 15) is 9.90 Å². The van der Waals surface area contributed by atoms with Crippen molar-refractivity contribution in [1.82, 2.24) is 14.5 Å². The predicted octanol–water partition coefficient (Wildman–Crippen LogP) is 5.63. The van der Waals surface area contributed by atoms with Crippen molar-refractivity contribution in [3.8, 4) is 11.1 Å². The third kappa shape index (κ3) is 4.45. The largest absolute Gasteiger partial charge is 0.383 e. The molecule has 182 valence electrons. The number of methoxy groups -OCH3 is 1. The van der Waals surface area contributed by atoms with E-state index in [0.29, 0.717) is 51.1 Å². The molecule has 2 heterocycles. The molecule has 0 aliphatic heterocycles. The fourth-order valence-corrected chi connectivity index (χ4v) is 4.83. The maximum Gasteiger partial charge on any atom is 0.249 e. The molecule has 6 nitrogen and oxygen atoms in total. The Bertz CT molecular complexity index is 1590. The van der Waals surface area contributed by atoms with Gasteiger partial charge in [0, 0.05) is 40.7 Å². The molecule has 0 fully saturated rings. The minimum Gasteiger partial charge on any atom is -0.383 e. The highest BCUT2D eigenvalue weighted by Gasteiger charge is 2.37. The summed E-state index contributed by atoms with van der Waals surface area (Å²) in [5.74, 6) is 0. The summed E-state index contributed by atoms with van der Waals surface area (Å²) in [6, 6.07) is 21.5. The standard InChI is InChI=1S/C28H23Cl2N3O3/c1-36-12-11-33-17-31-16-26(33)28(35,19-5-8-21(29)9-6-19)20-7-10-25-24(14-20)23(15-27(34)32-25)18-3-2-4-22(30)13-18/h2-10,13-17,35H,11-12H2,1H3,(H,32,34). The van der Waals surface area contributed by atoms with Crippen LogP contribution >= 0.6 is 23.2 Å². The predicted molar refractivity (Wildman–Crippen MR) is 143 cm³/mol. The van der Waals surface area contributed by atoms with Crippen LogP contribution in [-0.4, -0.2) is 33.4 Å². The molecule has 0 spiro atoms. The van der Waals surface area contributed by atoms with Crippen LogP contribution in [0.1, 0.15) is 16.8 Å². The van der Waals surface area contributed by atoms with Gasteiger partial charge < -0.3 is 19.4 Å². The third-order valence-corrected chi connectivity index (χ3v) is 6.76. The van der Waals surface area contributed by atoms with Crippen LogP contribution in [0, 0.1) is 0 Å². The average Bonchev–Trinajstić information content (AvgIpc) is 3.36. The number of hydrogen-bond acceptors (Lipinski definition) is 4. The first-order valence-corrected chi connectivity index (χ1v) is 12.1. The van der Waals surface area contributed by atoms with Gasteiger partial charge in [0.2, 0.25) is 5.56 Å². The molecule has 1 atom stereocenters. The van der Waals surface area contributed by atoms with E-state index in [1.54, 1.807) is 62.1 Å². The third-order valence-electron chi connectivity index (χ3n) is 6.28. The molecule has 3 aromatic carbocycles. The summed E-state index contributed by atoms with van der Waals surface area (Å²) >= 11 is 12.4. The Hall–Kier alpha value is -3.42. The lowest BCUT2D eigenvalue weighted by atomic mass is 9.82. The Morgan fingerprint density at radius 2 is 1.78 bits per heavy atom. The number of rotatable bonds is 7. The van der Waals surface area contributed by atoms with E-state index in [1.807, 2.05) is 34.9 Å². The molecule has 0 aliphatic carbocycles. The van der Waals surface area contributed by atoms with Crippen molar-refractivity contribution in [2.75, 3.05) is 13.7 Å². The Balaban J connectivity index is 1.78. The number of imidazole rings is 1. The van der Waals surface area contributed by atoms with Crippen LogP contribution in [0.15, 0.2) is 90.1 Å². The average molecular weight is 520 g/mol. The van der Waals surface area contributed by atoms with Gasteiger partial charge in [0.1, 0.15) is 0 Å². The summed E-state index contributed by atoms with van der Waals surface area (Å²) in [7, 11) is 1.63. The number of halogens is 2. The summed E-state index contributed by atoms with van der Waals surface area (Å²) in [5.41, 5.74) is 2.18. The van der Waals surface area contributed by atoms with Crippen LogP contribution in [0.3, 0.4) is 0 Å². The summed E-state index contributed by atoms with van der Waals surface area (Å²) in [6.45, 7) is 0.967. The first-order chi connectivity index (χ1) is 17.4. The van der Waals surface area contributed by atoms with Crippen LogP contribution in [-0.2, 0) is 16.9 Å². The molecule has 0 saturated carbocycles. The number of H-pyrrole nitrogens is 1. The zero-order valence-corrected chi connectivity index (χ0v) is 20.9. The fraction of sp³-hybridized carbons (Fsp3) is 0.143. The van der Waals surface area contributed by atoms with Gasteiger partial charge in [-0.25, -0.2) is 4.98 Å². The molecule has 5 aromatic rings. The number of fused-ring (bicyclic) bond motifs is 1. The summed E-state index contributed by atoms with van der Waals surface area (Å²) < 4.78 is 7.13. The van der Waals surface area contributed by atoms with Crippen LogP contribution in [0.2, 0.25) is 10.0 Å². The summed E-state index contributed by atoms with van der Waals surface area (Å²) in [5, 5.41) is 14.4. The van der Waals surface area contributed by atoms with Gasteiger partial charge in [-0.2, -0.15) is 0 Å². The number of nitrogens with zero attached hydrogens (tertiary/aromatic N) is 2. The van der Waals surface area contributed by atoms with Crippen molar-refractivity contribution in [2.24, 2.45) is 0 Å². The van der Waals surface area contributed by atoms with Gasteiger partial charge in [0.25, 0.3) is 0 Å². The Morgan fingerprint density at radius 3 is 2.53 bits per heavy atom. The van der Waals surface area contributed by atoms with Crippen molar-refractivity contribution >= 4 is 34.1 Å². The number of benzene rings is 3. The molecule has 0 amide bonds. The van der Waals surface area contributed by atoms with Crippen molar-refractivity contribution in [3.63, 3.8) is 0 Å². The fourth-order valence-electron chi connectivity index (χ4n) is 4.52. The highest BCUT2D eigenvalue weighted by atomic mass is 35.5. The van der Waals surface area contributed by atoms with E-state index in [0.717, 1.165) is 10.9 Å². The highest BCUT2D eigenvalue weighted by Crippen LogP contribution is 2.39. The molecular formula is C28H23Cl2N3O3. The van der Waals surface area contributed by atoms with Crippen molar-refractivity contribution < 1.29 is 9.84 Å². The van der Waals surface area contributed by atoms with E-state index < -0.39 is 5.60 Å². The SMILES string of the molecule is COCCn1cncc1C(O)(c1ccc(Cl)cc1)c1ccc2[nH]c(=O)cc(-c3cccc(Cl)c3)c2c1. The molecule has 5 rings (SSSR count). The van der Waals surface area contributed by atoms with Crippen molar-refractivity contribution in [1.29, 1.82) is 0 Å². The molecule has 2 aromatic heterocycles. The number of pyridine rings is 1. The van der Waals surface area contributed by atoms with Crippen LogP contribution in [0.4, 0.5) is 0 Å². The van der Waals surface area contributed by atoms with Crippen molar-refractivity contribution in [3.05, 3.63) is 123 Å². The quantitative estimate of drug-likeness (QED) is 0.292. The lowest BCUT2D eigenvalue weighted by Gasteiger charge is -2.31. The first-order valence-electron chi connectivity index (χ1n) is 11.3. The first kappa shape index (κ1) is 24.3. The lowest BCUT2D eigenvalue weighted by Crippen LogP contribution is -2.32. The smallest absolute Gasteiger partial charge is 0.249 e. The number of aromatic nitrogens is 3. The molecule has 1 unspecified atom stereocenters. The molecule has 36 heavy (non-hydrogen) atoms. The monoisotopic (exact) mass is 519 g/mol. The molecule has 2 N–H and O–H groups in total. The summed E-state index contributed by atoms with van der Waals surface area (Å²) in [6.07, 6.45) is 3.32. The van der Waals surface area contributed by atoms with E-state index in [1.165, 1.54) is 0 Å². The molecule has 0 bridgehead atoms. The number of ether oxygens (including phenoxy) is 1. The van der Waals surface area contributed by atoms with Gasteiger partial charge in [-0.15, -0.1) is 0 Å². The number of nitrogens with one attached hydrogen (secondary N) is 1. The van der Waals surface area contributed by atoms with E-state index in [2.05, 4.69) is 9.97 Å². The van der Waals surface area contributed by atoms with Crippen LogP contribution in [0.25, 0.3) is 22.0 Å². The van der Waals surface area contributed by atoms with Crippen LogP contribution < -0.4 is 5.56 Å². The van der Waals surface area contributed by atoms with Gasteiger partial charge in [-0.05, 0) is 58.7 Å². The van der Waals surface area contributed by atoms with Crippen molar-refractivity contribution in [2.45, 2.75) is 12.1 Å². The zero-order valence-electron chi connectivity index (χ0n) is 19.4. The topological polar surface area (TPSA) is 80.1 Å². The van der Waals surface area contributed by atoms with Gasteiger partial charge in [-0.3, -0.25) is 4.79 Å². The number of aromatic amines is 1. The van der Waals surface area contributed by atoms with Gasteiger partial charge in [0.05, 0.1) is 24.8 Å². The Morgan fingerprint density at radius 1 is 1.00 bits per heavy atom. The molecule has 0 radical (unpaired) electrons. The maximum atomic E-state index is 12.5. The number of hydrogen-bond donors (Lipinski definition) is 2. The maximum absolute atomic E-state index is 12.5. The number of aliphatic hydroxyl groups is 1. The minimum absolute atomic E-state index is 0.226. The van der Waals surface area contributed by atoms with Crippen LogP contribution in [0.5, 0.6) is 0 Å². The molecular weight excluding hydrogens is 497 g/mol. The second kappa shape index (κ2) is 9.91. The molecule has 0 aliphatic rings. The van der Waals surface area contributed by atoms with Gasteiger partial charge in [0.15, 0.2) is 5.60 Å². The summed E-state index contributed by atoms with van der Waals surface area (Å²) in [4.78, 5) is 19.7. The van der Waals surface area contributed by atoms with Gasteiger partial charge >= 0.3 is 0 Å².